The number of imide groups is 1. The van der Waals surface area contributed by atoms with Crippen LogP contribution in [0.1, 0.15) is 56.0 Å². The van der Waals surface area contributed by atoms with E-state index in [1.807, 2.05) is 0 Å². The van der Waals surface area contributed by atoms with E-state index < -0.39 is 45.9 Å². The van der Waals surface area contributed by atoms with E-state index in [4.69, 9.17) is 4.74 Å². The van der Waals surface area contributed by atoms with Gasteiger partial charge in [0.25, 0.3) is 5.91 Å². The molecule has 0 saturated carbocycles. The van der Waals surface area contributed by atoms with Gasteiger partial charge in [-0.25, -0.2) is 4.79 Å². The second-order valence-electron chi connectivity index (χ2n) is 9.34. The van der Waals surface area contributed by atoms with Gasteiger partial charge in [0, 0.05) is 37.7 Å². The molecule has 0 spiro atoms. The number of nitrogens with zero attached hydrogens (tertiary/aromatic N) is 2. The Balaban J connectivity index is 1.64. The molecule has 34 heavy (non-hydrogen) atoms. The van der Waals surface area contributed by atoms with Crippen molar-refractivity contribution in [1.82, 2.24) is 19.8 Å². The minimum absolute atomic E-state index is 0.0337. The van der Waals surface area contributed by atoms with Crippen LogP contribution < -0.4 is 10.0 Å². The SMILES string of the molecule is CN(CCCN[S+](=O)([O-])c1cccc2c1CN(C1CCC(=O)NC1=O)C2=O)C(=O)OC(C)(C)C. The summed E-state index contributed by atoms with van der Waals surface area (Å²) in [6.07, 6.45) is 0.158. The molecular weight excluding hydrogens is 464 g/mol. The fourth-order valence-corrected chi connectivity index (χ4v) is 5.17. The lowest BCUT2D eigenvalue weighted by Gasteiger charge is -2.29. The molecule has 3 rings (SSSR count). The summed E-state index contributed by atoms with van der Waals surface area (Å²) in [7, 11) is -2.38. The number of piperidine rings is 1. The van der Waals surface area contributed by atoms with Crippen LogP contribution in [-0.4, -0.2) is 69.9 Å². The fraction of sp³-hybridized carbons (Fsp3) is 0.545. The van der Waals surface area contributed by atoms with Crippen LogP contribution >= 0.6 is 0 Å². The van der Waals surface area contributed by atoms with Crippen molar-refractivity contribution in [3.05, 3.63) is 29.3 Å². The third-order valence-electron chi connectivity index (χ3n) is 5.50. The lowest BCUT2D eigenvalue weighted by molar-refractivity contribution is -0.136. The van der Waals surface area contributed by atoms with Gasteiger partial charge in [-0.05, 0) is 45.7 Å². The van der Waals surface area contributed by atoms with Crippen molar-refractivity contribution in [1.29, 1.82) is 0 Å². The number of carbonyl (C=O) groups is 4. The first-order valence-corrected chi connectivity index (χ1v) is 12.5. The molecule has 186 valence electrons. The van der Waals surface area contributed by atoms with Crippen LogP contribution in [0.15, 0.2) is 23.1 Å². The molecule has 0 radical (unpaired) electrons. The summed E-state index contributed by atoms with van der Waals surface area (Å²) in [6.45, 7) is 5.60. The number of ether oxygens (including phenoxy) is 1. The highest BCUT2D eigenvalue weighted by atomic mass is 32.3. The van der Waals surface area contributed by atoms with Crippen LogP contribution in [0.3, 0.4) is 0 Å². The average molecular weight is 495 g/mol. The number of nitrogens with one attached hydrogen (secondary N) is 2. The van der Waals surface area contributed by atoms with Crippen LogP contribution in [0.25, 0.3) is 0 Å². The monoisotopic (exact) mass is 494 g/mol. The third-order valence-corrected chi connectivity index (χ3v) is 7.04. The Morgan fingerprint density at radius 1 is 1.32 bits per heavy atom. The lowest BCUT2D eigenvalue weighted by Crippen LogP contribution is -2.52. The van der Waals surface area contributed by atoms with E-state index in [9.17, 15) is 27.9 Å². The van der Waals surface area contributed by atoms with E-state index in [1.54, 1.807) is 27.8 Å². The van der Waals surface area contributed by atoms with Gasteiger partial charge in [-0.3, -0.25) is 19.7 Å². The molecule has 2 unspecified atom stereocenters. The maximum atomic E-state index is 13.0. The molecule has 2 aliphatic heterocycles. The second kappa shape index (κ2) is 9.80. The maximum absolute atomic E-state index is 13.0. The highest BCUT2D eigenvalue weighted by Crippen LogP contribution is 2.33. The highest BCUT2D eigenvalue weighted by Gasteiger charge is 2.42. The summed E-state index contributed by atoms with van der Waals surface area (Å²) in [4.78, 5) is 51.2. The molecule has 1 saturated heterocycles. The standard InChI is InChI=1S/C22H30N4O7S/c1-22(2,3)33-21(30)25(4)12-6-11-23-34(31,32)17-8-5-7-14-15(17)13-26(20(14)29)16-9-10-18(27)24-19(16)28/h5,7-8,16H,6,9-13H2,1-4H3,(H2-,23,24,27,28,31,32). The molecule has 1 aromatic rings. The van der Waals surface area contributed by atoms with Crippen molar-refractivity contribution in [2.45, 2.75) is 63.1 Å². The Hall–Kier alpha value is -2.83. The third kappa shape index (κ3) is 5.80. The topological polar surface area (TPSA) is 148 Å². The molecular formula is C22H30N4O7S. The molecule has 4 amide bonds. The molecule has 12 heteroatoms. The summed E-state index contributed by atoms with van der Waals surface area (Å²) in [5.74, 6) is -1.40. The summed E-state index contributed by atoms with van der Waals surface area (Å²) < 4.78 is 33.7. The van der Waals surface area contributed by atoms with Crippen LogP contribution in [0.4, 0.5) is 4.79 Å². The van der Waals surface area contributed by atoms with E-state index in [0.717, 1.165) is 0 Å². The first-order valence-electron chi connectivity index (χ1n) is 11.0. The summed E-state index contributed by atoms with van der Waals surface area (Å²) >= 11 is 0. The molecule has 1 aromatic carbocycles. The number of hydrogen-bond acceptors (Lipinski definition) is 7. The predicted molar refractivity (Wildman–Crippen MR) is 121 cm³/mol. The number of sulfonamides is 1. The zero-order chi connectivity index (χ0) is 25.3. The van der Waals surface area contributed by atoms with Gasteiger partial charge in [0.15, 0.2) is 15.3 Å². The molecule has 2 N–H and O–H groups in total. The Labute approximate surface area is 199 Å². The van der Waals surface area contributed by atoms with Crippen molar-refractivity contribution < 1.29 is 32.7 Å². The molecule has 0 bridgehead atoms. The van der Waals surface area contributed by atoms with Crippen molar-refractivity contribution >= 4 is 34.2 Å². The maximum Gasteiger partial charge on any atom is 0.410 e. The number of amides is 4. The fourth-order valence-electron chi connectivity index (χ4n) is 3.84. The average Bonchev–Trinajstić information content (AvgIpc) is 3.06. The van der Waals surface area contributed by atoms with E-state index in [1.165, 1.54) is 28.0 Å². The second-order valence-corrected chi connectivity index (χ2v) is 11.1. The Morgan fingerprint density at radius 3 is 2.68 bits per heavy atom. The molecule has 1 fully saturated rings. The van der Waals surface area contributed by atoms with Gasteiger partial charge in [-0.15, -0.1) is 4.72 Å². The number of rotatable bonds is 7. The van der Waals surface area contributed by atoms with Gasteiger partial charge < -0.3 is 19.1 Å². The van der Waals surface area contributed by atoms with Gasteiger partial charge in [-0.2, -0.15) is 0 Å². The van der Waals surface area contributed by atoms with Crippen LogP contribution in [0, 0.1) is 0 Å². The van der Waals surface area contributed by atoms with Crippen molar-refractivity contribution in [2.75, 3.05) is 20.1 Å². The van der Waals surface area contributed by atoms with E-state index in [2.05, 4.69) is 10.0 Å². The first kappa shape index (κ1) is 25.8. The zero-order valence-corrected chi connectivity index (χ0v) is 20.5. The van der Waals surface area contributed by atoms with Crippen molar-refractivity contribution in [3.8, 4) is 0 Å². The van der Waals surface area contributed by atoms with Gasteiger partial charge in [-0.1, -0.05) is 10.3 Å². The van der Waals surface area contributed by atoms with Crippen LogP contribution in [0.2, 0.25) is 0 Å². The molecule has 2 atom stereocenters. The summed E-state index contributed by atoms with van der Waals surface area (Å²) in [5.41, 5.74) is -0.0902. The number of carbonyl (C=O) groups excluding carboxylic acids is 4. The van der Waals surface area contributed by atoms with Gasteiger partial charge in [0.05, 0.1) is 6.54 Å². The summed E-state index contributed by atoms with van der Waals surface area (Å²) in [6, 6.07) is 3.59. The van der Waals surface area contributed by atoms with Gasteiger partial charge in [0.1, 0.15) is 11.6 Å². The molecule has 2 heterocycles. The highest BCUT2D eigenvalue weighted by molar-refractivity contribution is 7.95. The normalized spacial score (nSPS) is 20.0. The minimum Gasteiger partial charge on any atom is -0.593 e. The quantitative estimate of drug-likeness (QED) is 0.329. The molecule has 11 nitrogen and oxygen atoms in total. The number of hydrogen-bond donors (Lipinski definition) is 2. The number of benzene rings is 1. The lowest BCUT2D eigenvalue weighted by atomic mass is 10.0. The van der Waals surface area contributed by atoms with E-state index >= 15 is 0 Å². The van der Waals surface area contributed by atoms with E-state index in [-0.39, 0.29) is 42.9 Å². The Bertz CT molecular complexity index is 1050. The Morgan fingerprint density at radius 2 is 2.03 bits per heavy atom. The van der Waals surface area contributed by atoms with Gasteiger partial charge in [0.2, 0.25) is 11.8 Å². The van der Waals surface area contributed by atoms with Gasteiger partial charge >= 0.3 is 6.09 Å². The molecule has 0 aromatic heterocycles. The van der Waals surface area contributed by atoms with Crippen molar-refractivity contribution in [3.63, 3.8) is 0 Å². The van der Waals surface area contributed by atoms with E-state index in [0.29, 0.717) is 12.0 Å². The largest absolute Gasteiger partial charge is 0.593 e. The predicted octanol–water partition coefficient (Wildman–Crippen LogP) is 1.20. The zero-order valence-electron chi connectivity index (χ0n) is 19.7. The Kier molecular flexibility index (Phi) is 7.44. The molecule has 0 aliphatic carbocycles. The number of fused-ring (bicyclic) bond motifs is 1. The first-order chi connectivity index (χ1) is 15.8. The summed E-state index contributed by atoms with van der Waals surface area (Å²) in [5, 5.41) is 2.22. The van der Waals surface area contributed by atoms with Crippen molar-refractivity contribution in [2.24, 2.45) is 0 Å². The van der Waals surface area contributed by atoms with Crippen LogP contribution in [0.5, 0.6) is 0 Å². The molecule has 2 aliphatic rings. The minimum atomic E-state index is -3.95. The smallest absolute Gasteiger partial charge is 0.410 e. The van der Waals surface area contributed by atoms with Crippen LogP contribution in [-0.2, 0) is 35.5 Å².